The second-order valence-electron chi connectivity index (χ2n) is 6.50. The molecular weight excluding hydrogens is 322 g/mol. The van der Waals surface area contributed by atoms with Crippen molar-refractivity contribution >= 4 is 17.2 Å². The van der Waals surface area contributed by atoms with E-state index in [1.54, 1.807) is 0 Å². The lowest BCUT2D eigenvalue weighted by Gasteiger charge is -2.08. The van der Waals surface area contributed by atoms with E-state index in [4.69, 9.17) is 0 Å². The van der Waals surface area contributed by atoms with E-state index in [-0.39, 0.29) is 5.91 Å². The molecule has 0 fully saturated rings. The zero-order valence-corrected chi connectivity index (χ0v) is 14.7. The van der Waals surface area contributed by atoms with E-state index >= 15 is 0 Å². The molecule has 0 unspecified atom stereocenters. The Morgan fingerprint density at radius 3 is 2.54 bits per heavy atom. The Hall–Kier alpha value is -3.40. The molecule has 1 amide bonds. The smallest absolute Gasteiger partial charge is 0.255 e. The molecule has 128 valence electrons. The van der Waals surface area contributed by atoms with Crippen LogP contribution in [0.2, 0.25) is 0 Å². The molecule has 0 bridgehead atoms. The minimum Gasteiger partial charge on any atom is -0.322 e. The Kier molecular flexibility index (Phi) is 4.01. The highest BCUT2D eigenvalue weighted by molar-refractivity contribution is 6.04. The molecule has 0 aliphatic heterocycles. The monoisotopic (exact) mass is 341 g/mol. The molecule has 0 radical (unpaired) electrons. The van der Waals surface area contributed by atoms with Gasteiger partial charge in [0.05, 0.1) is 5.69 Å². The van der Waals surface area contributed by atoms with Crippen LogP contribution in [0.25, 0.3) is 16.9 Å². The van der Waals surface area contributed by atoms with Gasteiger partial charge in [-0.2, -0.15) is 0 Å². The van der Waals surface area contributed by atoms with Gasteiger partial charge in [-0.15, -0.1) is 0 Å². The Morgan fingerprint density at radius 2 is 1.77 bits per heavy atom. The number of aromatic nitrogens is 2. The van der Waals surface area contributed by atoms with Crippen LogP contribution < -0.4 is 5.32 Å². The summed E-state index contributed by atoms with van der Waals surface area (Å²) in [5.74, 6) is -0.107. The van der Waals surface area contributed by atoms with Gasteiger partial charge >= 0.3 is 0 Å². The lowest BCUT2D eigenvalue weighted by atomic mass is 10.1. The molecule has 0 atom stereocenters. The van der Waals surface area contributed by atoms with Gasteiger partial charge in [-0.05, 0) is 50.2 Å². The average Bonchev–Trinajstić information content (AvgIpc) is 3.05. The molecule has 0 aliphatic rings. The zero-order chi connectivity index (χ0) is 18.1. The minimum absolute atomic E-state index is 0.107. The summed E-state index contributed by atoms with van der Waals surface area (Å²) in [5, 5.41) is 2.98. The topological polar surface area (TPSA) is 46.4 Å². The van der Waals surface area contributed by atoms with Crippen molar-refractivity contribution in [2.24, 2.45) is 0 Å². The number of anilines is 1. The summed E-state index contributed by atoms with van der Waals surface area (Å²) in [6, 6.07) is 19.5. The largest absolute Gasteiger partial charge is 0.322 e. The quantitative estimate of drug-likeness (QED) is 0.578. The zero-order valence-electron chi connectivity index (χ0n) is 14.7. The van der Waals surface area contributed by atoms with E-state index in [0.29, 0.717) is 5.56 Å². The van der Waals surface area contributed by atoms with Gasteiger partial charge < -0.3 is 9.72 Å². The van der Waals surface area contributed by atoms with Crippen molar-refractivity contribution in [1.29, 1.82) is 0 Å². The first-order valence-electron chi connectivity index (χ1n) is 8.52. The lowest BCUT2D eigenvalue weighted by molar-refractivity contribution is 0.102. The fraction of sp³-hybridized carbons (Fsp3) is 0.0909. The number of hydrogen-bond donors (Lipinski definition) is 1. The maximum Gasteiger partial charge on any atom is 0.255 e. The molecule has 2 aromatic carbocycles. The number of rotatable bonds is 3. The van der Waals surface area contributed by atoms with E-state index in [1.807, 2.05) is 85.2 Å². The molecule has 4 aromatic rings. The van der Waals surface area contributed by atoms with Crippen LogP contribution in [0.15, 0.2) is 73.1 Å². The number of hydrogen-bond acceptors (Lipinski definition) is 2. The number of aryl methyl sites for hydroxylation is 2. The molecule has 2 aromatic heterocycles. The fourth-order valence-electron chi connectivity index (χ4n) is 3.14. The van der Waals surface area contributed by atoms with E-state index in [9.17, 15) is 4.79 Å². The fourth-order valence-corrected chi connectivity index (χ4v) is 3.14. The van der Waals surface area contributed by atoms with Crippen LogP contribution in [0, 0.1) is 13.8 Å². The van der Waals surface area contributed by atoms with Crippen molar-refractivity contribution in [2.45, 2.75) is 13.8 Å². The Balaban J connectivity index is 1.62. The van der Waals surface area contributed by atoms with Crippen molar-refractivity contribution in [2.75, 3.05) is 5.32 Å². The first-order valence-corrected chi connectivity index (χ1v) is 8.52. The van der Waals surface area contributed by atoms with Gasteiger partial charge in [0.2, 0.25) is 0 Å². The van der Waals surface area contributed by atoms with E-state index < -0.39 is 0 Å². The molecule has 4 rings (SSSR count). The van der Waals surface area contributed by atoms with Crippen molar-refractivity contribution in [1.82, 2.24) is 9.38 Å². The second kappa shape index (κ2) is 6.48. The number of amides is 1. The molecule has 0 aliphatic carbocycles. The van der Waals surface area contributed by atoms with E-state index in [2.05, 4.69) is 16.4 Å². The number of carbonyl (C=O) groups is 1. The molecule has 0 spiro atoms. The molecule has 26 heavy (non-hydrogen) atoms. The molecular formula is C22H19N3O. The summed E-state index contributed by atoms with van der Waals surface area (Å²) in [6.45, 7) is 3.99. The summed E-state index contributed by atoms with van der Waals surface area (Å²) in [5.41, 5.74) is 6.31. The van der Waals surface area contributed by atoms with Gasteiger partial charge in [-0.3, -0.25) is 4.79 Å². The Morgan fingerprint density at radius 1 is 0.962 bits per heavy atom. The van der Waals surface area contributed by atoms with Gasteiger partial charge in [0.25, 0.3) is 5.91 Å². The Bertz CT molecular complexity index is 1060. The Labute approximate surface area is 152 Å². The van der Waals surface area contributed by atoms with Crippen LogP contribution >= 0.6 is 0 Å². The van der Waals surface area contributed by atoms with Crippen LogP contribution in [0.4, 0.5) is 5.69 Å². The summed E-state index contributed by atoms with van der Waals surface area (Å²) >= 11 is 0. The van der Waals surface area contributed by atoms with Crippen molar-refractivity contribution in [3.8, 4) is 11.3 Å². The lowest BCUT2D eigenvalue weighted by Crippen LogP contribution is -2.12. The van der Waals surface area contributed by atoms with Crippen LogP contribution in [-0.4, -0.2) is 15.3 Å². The highest BCUT2D eigenvalue weighted by Gasteiger charge is 2.09. The molecule has 0 saturated carbocycles. The first-order chi connectivity index (χ1) is 12.6. The molecule has 2 heterocycles. The van der Waals surface area contributed by atoms with Crippen molar-refractivity contribution in [3.63, 3.8) is 0 Å². The SMILES string of the molecule is Cc1cc(C)cc(C(=O)Nc2cccc(-c3cn4ccccc4n3)c2)c1. The summed E-state index contributed by atoms with van der Waals surface area (Å²) in [4.78, 5) is 17.2. The predicted octanol–water partition coefficient (Wildman–Crippen LogP) is 4.87. The first kappa shape index (κ1) is 16.1. The highest BCUT2D eigenvalue weighted by Crippen LogP contribution is 2.23. The van der Waals surface area contributed by atoms with Gasteiger partial charge in [-0.25, -0.2) is 4.98 Å². The van der Waals surface area contributed by atoms with E-state index in [1.165, 1.54) is 0 Å². The molecule has 0 saturated heterocycles. The van der Waals surface area contributed by atoms with E-state index in [0.717, 1.165) is 33.7 Å². The third kappa shape index (κ3) is 3.22. The summed E-state index contributed by atoms with van der Waals surface area (Å²) < 4.78 is 1.98. The highest BCUT2D eigenvalue weighted by atomic mass is 16.1. The summed E-state index contributed by atoms with van der Waals surface area (Å²) in [7, 11) is 0. The van der Waals surface area contributed by atoms with Crippen molar-refractivity contribution in [3.05, 3.63) is 89.7 Å². The minimum atomic E-state index is -0.107. The molecule has 1 N–H and O–H groups in total. The molecule has 4 heteroatoms. The summed E-state index contributed by atoms with van der Waals surface area (Å²) in [6.07, 6.45) is 3.96. The maximum atomic E-state index is 12.6. The average molecular weight is 341 g/mol. The number of benzene rings is 2. The van der Waals surface area contributed by atoms with Gasteiger partial charge in [0.1, 0.15) is 5.65 Å². The predicted molar refractivity (Wildman–Crippen MR) is 104 cm³/mol. The number of carbonyl (C=O) groups excluding carboxylic acids is 1. The number of pyridine rings is 1. The van der Waals surface area contributed by atoms with Gasteiger partial charge in [-0.1, -0.05) is 35.4 Å². The van der Waals surface area contributed by atoms with Crippen LogP contribution in [-0.2, 0) is 0 Å². The van der Waals surface area contributed by atoms with Gasteiger partial charge in [0.15, 0.2) is 0 Å². The third-order valence-corrected chi connectivity index (χ3v) is 4.26. The second-order valence-corrected chi connectivity index (χ2v) is 6.50. The van der Waals surface area contributed by atoms with Crippen LogP contribution in [0.5, 0.6) is 0 Å². The number of nitrogens with zero attached hydrogens (tertiary/aromatic N) is 2. The van der Waals surface area contributed by atoms with Crippen LogP contribution in [0.3, 0.4) is 0 Å². The van der Waals surface area contributed by atoms with Gasteiger partial charge in [0, 0.05) is 29.2 Å². The van der Waals surface area contributed by atoms with Crippen LogP contribution in [0.1, 0.15) is 21.5 Å². The number of imidazole rings is 1. The number of fused-ring (bicyclic) bond motifs is 1. The number of nitrogens with one attached hydrogen (secondary N) is 1. The standard InChI is InChI=1S/C22H19N3O/c1-15-10-16(2)12-18(11-15)22(26)23-19-7-5-6-17(13-19)20-14-25-9-4-3-8-21(25)24-20/h3-14H,1-2H3,(H,23,26). The third-order valence-electron chi connectivity index (χ3n) is 4.26. The maximum absolute atomic E-state index is 12.6. The van der Waals surface area contributed by atoms with Crippen molar-refractivity contribution < 1.29 is 4.79 Å². The normalized spacial score (nSPS) is 10.8. The molecule has 4 nitrogen and oxygen atoms in total.